The first kappa shape index (κ1) is 11.8. The van der Waals surface area contributed by atoms with Crippen LogP contribution in [0.1, 0.15) is 18.1 Å². The molecule has 7 nitrogen and oxygen atoms in total. The molecule has 0 amide bonds. The maximum Gasteiger partial charge on any atom is 0.275 e. The minimum atomic E-state index is -1.15. The molecule has 0 bridgehead atoms. The van der Waals surface area contributed by atoms with Crippen molar-refractivity contribution in [3.63, 3.8) is 0 Å². The summed E-state index contributed by atoms with van der Waals surface area (Å²) in [4.78, 5) is 13.8. The van der Waals surface area contributed by atoms with Crippen LogP contribution < -0.4 is 5.56 Å². The Labute approximate surface area is 96.0 Å². The van der Waals surface area contributed by atoms with Gasteiger partial charge >= 0.3 is 0 Å². The highest BCUT2D eigenvalue weighted by Gasteiger charge is 2.20. The van der Waals surface area contributed by atoms with Crippen LogP contribution in [0.2, 0.25) is 0 Å². The maximum atomic E-state index is 11.4. The molecule has 0 aromatic carbocycles. The van der Waals surface area contributed by atoms with E-state index in [2.05, 4.69) is 10.1 Å². The molecule has 0 spiro atoms. The SMILES string of the molecule is O=c1[nH]cnn2cc(C(O)C(O)CCO)cc12. The van der Waals surface area contributed by atoms with Gasteiger partial charge in [-0.2, -0.15) is 5.10 Å². The Balaban J connectivity index is 2.36. The second-order valence-electron chi connectivity index (χ2n) is 3.75. The van der Waals surface area contributed by atoms with Crippen molar-refractivity contribution in [2.24, 2.45) is 0 Å². The normalized spacial score (nSPS) is 15.0. The quantitative estimate of drug-likeness (QED) is 0.535. The van der Waals surface area contributed by atoms with E-state index < -0.39 is 12.2 Å². The number of aliphatic hydroxyl groups excluding tert-OH is 3. The Hall–Kier alpha value is -1.70. The molecule has 92 valence electrons. The Morgan fingerprint density at radius 3 is 2.88 bits per heavy atom. The van der Waals surface area contributed by atoms with E-state index in [0.29, 0.717) is 5.56 Å². The van der Waals surface area contributed by atoms with Gasteiger partial charge in [0.25, 0.3) is 5.56 Å². The van der Waals surface area contributed by atoms with Crippen LogP contribution in [0.4, 0.5) is 0 Å². The molecule has 7 heteroatoms. The summed E-state index contributed by atoms with van der Waals surface area (Å²) >= 11 is 0. The largest absolute Gasteiger partial charge is 0.396 e. The molecule has 2 unspecified atom stereocenters. The first-order valence-electron chi connectivity index (χ1n) is 5.16. The lowest BCUT2D eigenvalue weighted by atomic mass is 10.1. The van der Waals surface area contributed by atoms with E-state index in [1.54, 1.807) is 0 Å². The molecule has 0 aliphatic rings. The standard InChI is InChI=1S/C10H13N3O4/c14-2-1-8(15)9(16)6-3-7-10(17)11-5-12-13(7)4-6/h3-5,8-9,14-16H,1-2H2,(H,11,12,17). The first-order valence-corrected chi connectivity index (χ1v) is 5.16. The highest BCUT2D eigenvalue weighted by molar-refractivity contribution is 5.47. The van der Waals surface area contributed by atoms with Crippen LogP contribution in [0.15, 0.2) is 23.4 Å². The number of nitrogens with one attached hydrogen (secondary N) is 1. The molecule has 0 saturated carbocycles. The average molecular weight is 239 g/mol. The highest BCUT2D eigenvalue weighted by atomic mass is 16.3. The molecule has 2 heterocycles. The third-order valence-electron chi connectivity index (χ3n) is 2.56. The second kappa shape index (κ2) is 4.66. The number of fused-ring (bicyclic) bond motifs is 1. The number of aliphatic hydroxyl groups is 3. The van der Waals surface area contributed by atoms with Crippen molar-refractivity contribution in [2.45, 2.75) is 18.6 Å². The molecule has 0 saturated heterocycles. The number of aromatic nitrogens is 3. The number of rotatable bonds is 4. The molecule has 2 rings (SSSR count). The van der Waals surface area contributed by atoms with E-state index in [9.17, 15) is 15.0 Å². The summed E-state index contributed by atoms with van der Waals surface area (Å²) in [6.45, 7) is -0.218. The molecule has 0 fully saturated rings. The summed E-state index contributed by atoms with van der Waals surface area (Å²) in [7, 11) is 0. The fourth-order valence-corrected chi connectivity index (χ4v) is 1.63. The van der Waals surface area contributed by atoms with Crippen molar-refractivity contribution < 1.29 is 15.3 Å². The van der Waals surface area contributed by atoms with Gasteiger partial charge in [-0.1, -0.05) is 0 Å². The van der Waals surface area contributed by atoms with Crippen molar-refractivity contribution >= 4 is 5.52 Å². The molecular formula is C10H13N3O4. The van der Waals surface area contributed by atoms with Gasteiger partial charge in [-0.05, 0) is 12.5 Å². The van der Waals surface area contributed by atoms with Gasteiger partial charge in [0.15, 0.2) is 0 Å². The summed E-state index contributed by atoms with van der Waals surface area (Å²) in [6.07, 6.45) is 0.558. The summed E-state index contributed by atoms with van der Waals surface area (Å²) in [6, 6.07) is 1.46. The highest BCUT2D eigenvalue weighted by Crippen LogP contribution is 2.19. The number of hydrogen-bond acceptors (Lipinski definition) is 5. The third-order valence-corrected chi connectivity index (χ3v) is 2.56. The molecule has 2 atom stereocenters. The Morgan fingerprint density at radius 1 is 1.47 bits per heavy atom. The van der Waals surface area contributed by atoms with Gasteiger partial charge in [0.2, 0.25) is 0 Å². The van der Waals surface area contributed by atoms with Crippen molar-refractivity contribution in [2.75, 3.05) is 6.61 Å². The lowest BCUT2D eigenvalue weighted by molar-refractivity contribution is 0.00426. The maximum absolute atomic E-state index is 11.4. The molecule has 4 N–H and O–H groups in total. The minimum Gasteiger partial charge on any atom is -0.396 e. The van der Waals surface area contributed by atoms with E-state index in [4.69, 9.17) is 5.11 Å². The molecule has 0 aliphatic carbocycles. The molecule has 2 aromatic heterocycles. The molecule has 17 heavy (non-hydrogen) atoms. The van der Waals surface area contributed by atoms with E-state index in [-0.39, 0.29) is 24.1 Å². The number of H-pyrrole nitrogens is 1. The first-order chi connectivity index (χ1) is 8.13. The van der Waals surface area contributed by atoms with E-state index in [1.807, 2.05) is 0 Å². The summed E-state index contributed by atoms with van der Waals surface area (Å²) in [5.74, 6) is 0. The molecule has 2 aromatic rings. The van der Waals surface area contributed by atoms with Gasteiger partial charge in [0.05, 0.1) is 6.10 Å². The second-order valence-corrected chi connectivity index (χ2v) is 3.75. The zero-order chi connectivity index (χ0) is 12.4. The molecule has 0 radical (unpaired) electrons. The smallest absolute Gasteiger partial charge is 0.275 e. The minimum absolute atomic E-state index is 0.0666. The van der Waals surface area contributed by atoms with Crippen LogP contribution in [0, 0.1) is 0 Å². The Kier molecular flexibility index (Phi) is 3.23. The van der Waals surface area contributed by atoms with Gasteiger partial charge < -0.3 is 20.3 Å². The third kappa shape index (κ3) is 2.21. The van der Waals surface area contributed by atoms with Crippen LogP contribution in [0.25, 0.3) is 5.52 Å². The van der Waals surface area contributed by atoms with E-state index >= 15 is 0 Å². The van der Waals surface area contributed by atoms with E-state index in [1.165, 1.54) is 23.1 Å². The van der Waals surface area contributed by atoms with Crippen LogP contribution in [-0.4, -0.2) is 42.6 Å². The van der Waals surface area contributed by atoms with Crippen molar-refractivity contribution in [3.05, 3.63) is 34.5 Å². The number of hydrogen-bond donors (Lipinski definition) is 4. The van der Waals surface area contributed by atoms with Crippen molar-refractivity contribution in [1.82, 2.24) is 14.6 Å². The Bertz CT molecular complexity index is 562. The van der Waals surface area contributed by atoms with Gasteiger partial charge in [-0.3, -0.25) is 4.79 Å². The molecule has 0 aliphatic heterocycles. The van der Waals surface area contributed by atoms with Crippen molar-refractivity contribution in [1.29, 1.82) is 0 Å². The predicted octanol–water partition coefficient (Wildman–Crippen LogP) is -1.20. The van der Waals surface area contributed by atoms with Crippen LogP contribution in [-0.2, 0) is 0 Å². The van der Waals surface area contributed by atoms with E-state index in [0.717, 1.165) is 0 Å². The predicted molar refractivity (Wildman–Crippen MR) is 58.5 cm³/mol. The molecular weight excluding hydrogens is 226 g/mol. The Morgan fingerprint density at radius 2 is 2.24 bits per heavy atom. The lowest BCUT2D eigenvalue weighted by Gasteiger charge is -2.14. The monoisotopic (exact) mass is 239 g/mol. The fourth-order valence-electron chi connectivity index (χ4n) is 1.63. The van der Waals surface area contributed by atoms with Crippen molar-refractivity contribution in [3.8, 4) is 0 Å². The van der Waals surface area contributed by atoms with Gasteiger partial charge in [-0.15, -0.1) is 0 Å². The van der Waals surface area contributed by atoms with Crippen LogP contribution in [0.3, 0.4) is 0 Å². The van der Waals surface area contributed by atoms with Gasteiger partial charge in [0, 0.05) is 18.4 Å². The number of aromatic amines is 1. The summed E-state index contributed by atoms with van der Waals surface area (Å²) in [5.41, 5.74) is 0.350. The van der Waals surface area contributed by atoms with Gasteiger partial charge in [0.1, 0.15) is 17.9 Å². The lowest BCUT2D eigenvalue weighted by Crippen LogP contribution is -2.19. The summed E-state index contributed by atoms with van der Waals surface area (Å²) < 4.78 is 1.32. The fraction of sp³-hybridized carbons (Fsp3) is 0.400. The average Bonchev–Trinajstić information content (AvgIpc) is 2.73. The van der Waals surface area contributed by atoms with Crippen LogP contribution in [0.5, 0.6) is 0 Å². The topological polar surface area (TPSA) is 111 Å². The van der Waals surface area contributed by atoms with Gasteiger partial charge in [-0.25, -0.2) is 4.52 Å². The van der Waals surface area contributed by atoms with Crippen LogP contribution >= 0.6 is 0 Å². The zero-order valence-electron chi connectivity index (χ0n) is 8.95. The number of nitrogens with zero attached hydrogens (tertiary/aromatic N) is 2. The zero-order valence-corrected chi connectivity index (χ0v) is 8.95. The summed E-state index contributed by atoms with van der Waals surface area (Å²) in [5, 5.41) is 31.9.